The first-order valence-electron chi connectivity index (χ1n) is 41.6. The van der Waals surface area contributed by atoms with Crippen LogP contribution in [0.1, 0.15) is 476 Å². The van der Waals surface area contributed by atoms with Crippen LogP contribution in [0.15, 0.2) is 24.3 Å². The van der Waals surface area contributed by atoms with Gasteiger partial charge in [-0.05, 0) is 57.8 Å². The molecule has 2 unspecified atom stereocenters. The summed E-state index contributed by atoms with van der Waals surface area (Å²) in [6, 6.07) is -0.543. The fourth-order valence-corrected chi connectivity index (χ4v) is 13.4. The summed E-state index contributed by atoms with van der Waals surface area (Å²) >= 11 is 0. The van der Waals surface area contributed by atoms with Gasteiger partial charge in [0.15, 0.2) is 0 Å². The lowest BCUT2D eigenvalue weighted by atomic mass is 10.0. The smallest absolute Gasteiger partial charge is 0.305 e. The van der Waals surface area contributed by atoms with Gasteiger partial charge in [-0.2, -0.15) is 0 Å². The second-order valence-corrected chi connectivity index (χ2v) is 28.8. The number of nitrogens with one attached hydrogen (secondary N) is 1. The first kappa shape index (κ1) is 88.3. The Balaban J connectivity index is 3.38. The number of ether oxygens (including phenoxy) is 1. The molecule has 0 aromatic rings. The van der Waals surface area contributed by atoms with E-state index in [1.807, 2.05) is 0 Å². The molecule has 534 valence electrons. The topological polar surface area (TPSA) is 95.9 Å². The second-order valence-electron chi connectivity index (χ2n) is 28.8. The predicted octanol–water partition coefficient (Wildman–Crippen LogP) is 27.6. The molecule has 0 fully saturated rings. The number of unbranched alkanes of at least 4 members (excludes halogenated alkanes) is 64. The highest BCUT2D eigenvalue weighted by Gasteiger charge is 2.20. The standard InChI is InChI=1S/C84H163NO5/c1-3-5-7-9-11-13-15-17-19-21-22-23-24-32-35-38-41-45-48-52-56-60-64-68-72-76-82(87)81(80-86)85-83(88)77-73-69-65-61-57-53-49-46-42-39-36-33-30-28-26-25-27-29-31-34-37-40-43-47-51-55-59-63-67-71-75-79-90-84(89)78-74-70-66-62-58-54-50-44-20-18-16-14-12-10-8-6-4-2/h27,29,34,37,81-82,86-87H,3-26,28,30-33,35-36,38-80H2,1-2H3,(H,85,88)/b29-27-,37-34-. The number of carbonyl (C=O) groups is 2. The minimum Gasteiger partial charge on any atom is -0.466 e. The van der Waals surface area contributed by atoms with Crippen LogP contribution in [0.4, 0.5) is 0 Å². The summed E-state index contributed by atoms with van der Waals surface area (Å²) in [4.78, 5) is 24.7. The van der Waals surface area contributed by atoms with Gasteiger partial charge < -0.3 is 20.3 Å². The quantitative estimate of drug-likeness (QED) is 0.0320. The summed E-state index contributed by atoms with van der Waals surface area (Å²) < 4.78 is 5.51. The number of rotatable bonds is 79. The van der Waals surface area contributed by atoms with Crippen molar-refractivity contribution in [2.75, 3.05) is 13.2 Å². The molecule has 0 aromatic carbocycles. The number of allylic oxidation sites excluding steroid dienone is 4. The number of hydrogen-bond acceptors (Lipinski definition) is 5. The Morgan fingerprint density at radius 2 is 0.556 bits per heavy atom. The Labute approximate surface area is 564 Å². The molecular formula is C84H163NO5. The molecule has 6 nitrogen and oxygen atoms in total. The van der Waals surface area contributed by atoms with Gasteiger partial charge in [0.05, 0.1) is 25.4 Å². The number of aliphatic hydroxyl groups is 2. The number of carbonyl (C=O) groups excluding carboxylic acids is 2. The van der Waals surface area contributed by atoms with Gasteiger partial charge in [-0.1, -0.05) is 430 Å². The number of amides is 1. The third-order valence-electron chi connectivity index (χ3n) is 19.8. The molecule has 0 spiro atoms. The maximum Gasteiger partial charge on any atom is 0.305 e. The Hall–Kier alpha value is -1.66. The lowest BCUT2D eigenvalue weighted by molar-refractivity contribution is -0.143. The summed E-state index contributed by atoms with van der Waals surface area (Å²) in [6.45, 7) is 5.01. The van der Waals surface area contributed by atoms with Gasteiger partial charge in [0, 0.05) is 12.8 Å². The van der Waals surface area contributed by atoms with Gasteiger partial charge in [-0.25, -0.2) is 0 Å². The lowest BCUT2D eigenvalue weighted by Gasteiger charge is -2.22. The van der Waals surface area contributed by atoms with E-state index in [1.54, 1.807) is 0 Å². The molecule has 0 rings (SSSR count). The molecule has 0 saturated carbocycles. The molecule has 90 heavy (non-hydrogen) atoms. The maximum atomic E-state index is 12.6. The van der Waals surface area contributed by atoms with Gasteiger partial charge >= 0.3 is 5.97 Å². The van der Waals surface area contributed by atoms with Crippen molar-refractivity contribution >= 4 is 11.9 Å². The van der Waals surface area contributed by atoms with Crippen molar-refractivity contribution < 1.29 is 24.5 Å². The maximum absolute atomic E-state index is 12.6. The normalized spacial score (nSPS) is 12.5. The van der Waals surface area contributed by atoms with Crippen LogP contribution >= 0.6 is 0 Å². The van der Waals surface area contributed by atoms with Crippen molar-refractivity contribution in [1.29, 1.82) is 0 Å². The van der Waals surface area contributed by atoms with Crippen molar-refractivity contribution in [3.8, 4) is 0 Å². The molecule has 0 saturated heterocycles. The number of hydrogen-bond donors (Lipinski definition) is 3. The molecule has 3 N–H and O–H groups in total. The zero-order valence-corrected chi connectivity index (χ0v) is 61.4. The molecule has 0 aliphatic rings. The van der Waals surface area contributed by atoms with Crippen molar-refractivity contribution in [2.45, 2.75) is 488 Å². The molecule has 6 heteroatoms. The monoisotopic (exact) mass is 1270 g/mol. The highest BCUT2D eigenvalue weighted by atomic mass is 16.5. The summed E-state index contributed by atoms with van der Waals surface area (Å²) in [6.07, 6.45) is 103. The van der Waals surface area contributed by atoms with E-state index in [4.69, 9.17) is 4.74 Å². The van der Waals surface area contributed by atoms with Gasteiger partial charge in [0.2, 0.25) is 5.91 Å². The van der Waals surface area contributed by atoms with E-state index in [9.17, 15) is 19.8 Å². The van der Waals surface area contributed by atoms with E-state index in [2.05, 4.69) is 43.5 Å². The van der Waals surface area contributed by atoms with E-state index in [1.165, 1.54) is 398 Å². The van der Waals surface area contributed by atoms with E-state index in [-0.39, 0.29) is 18.5 Å². The minimum atomic E-state index is -0.666. The third kappa shape index (κ3) is 75.4. The van der Waals surface area contributed by atoms with E-state index in [0.29, 0.717) is 25.9 Å². The van der Waals surface area contributed by atoms with Crippen LogP contribution in [0.2, 0.25) is 0 Å². The summed E-state index contributed by atoms with van der Waals surface area (Å²) in [5.74, 6) is -0.00982. The first-order valence-corrected chi connectivity index (χ1v) is 41.6. The molecule has 2 atom stereocenters. The zero-order valence-electron chi connectivity index (χ0n) is 61.4. The molecule has 0 aliphatic carbocycles. The van der Waals surface area contributed by atoms with Gasteiger partial charge in [-0.3, -0.25) is 9.59 Å². The largest absolute Gasteiger partial charge is 0.466 e. The number of aliphatic hydroxyl groups excluding tert-OH is 2. The second kappa shape index (κ2) is 79.8. The van der Waals surface area contributed by atoms with E-state index < -0.39 is 12.1 Å². The predicted molar refractivity (Wildman–Crippen MR) is 398 cm³/mol. The van der Waals surface area contributed by atoms with Crippen LogP contribution in [0.25, 0.3) is 0 Å². The lowest BCUT2D eigenvalue weighted by Crippen LogP contribution is -2.45. The molecule has 0 aliphatic heterocycles. The highest BCUT2D eigenvalue weighted by Crippen LogP contribution is 2.20. The summed E-state index contributed by atoms with van der Waals surface area (Å²) in [5.41, 5.74) is 0. The van der Waals surface area contributed by atoms with Crippen LogP contribution < -0.4 is 5.32 Å². The fourth-order valence-electron chi connectivity index (χ4n) is 13.4. The Morgan fingerprint density at radius 1 is 0.311 bits per heavy atom. The zero-order chi connectivity index (χ0) is 64.9. The summed E-state index contributed by atoms with van der Waals surface area (Å²) in [7, 11) is 0. The molecule has 1 amide bonds. The molecule has 0 heterocycles. The Morgan fingerprint density at radius 3 is 0.844 bits per heavy atom. The molecule has 0 radical (unpaired) electrons. The van der Waals surface area contributed by atoms with Gasteiger partial charge in [0.25, 0.3) is 0 Å². The van der Waals surface area contributed by atoms with Gasteiger partial charge in [-0.15, -0.1) is 0 Å². The van der Waals surface area contributed by atoms with Crippen molar-refractivity contribution in [3.63, 3.8) is 0 Å². The Bertz CT molecular complexity index is 1410. The number of esters is 1. The average molecular weight is 1270 g/mol. The Kier molecular flexibility index (Phi) is 78.3. The molecule has 0 bridgehead atoms. The molecular weight excluding hydrogens is 1100 g/mol. The van der Waals surface area contributed by atoms with Crippen LogP contribution in [0, 0.1) is 0 Å². The van der Waals surface area contributed by atoms with E-state index in [0.717, 1.165) is 44.9 Å². The van der Waals surface area contributed by atoms with Crippen molar-refractivity contribution in [3.05, 3.63) is 24.3 Å². The van der Waals surface area contributed by atoms with Crippen molar-refractivity contribution in [1.82, 2.24) is 5.32 Å². The third-order valence-corrected chi connectivity index (χ3v) is 19.8. The van der Waals surface area contributed by atoms with E-state index >= 15 is 0 Å². The first-order chi connectivity index (χ1) is 44.5. The molecule has 0 aromatic heterocycles. The van der Waals surface area contributed by atoms with Crippen LogP contribution in [-0.4, -0.2) is 47.4 Å². The van der Waals surface area contributed by atoms with Gasteiger partial charge in [0.1, 0.15) is 0 Å². The van der Waals surface area contributed by atoms with Crippen LogP contribution in [-0.2, 0) is 14.3 Å². The van der Waals surface area contributed by atoms with Crippen molar-refractivity contribution in [2.24, 2.45) is 0 Å². The summed E-state index contributed by atoms with van der Waals surface area (Å²) in [5, 5.41) is 23.5. The fraction of sp³-hybridized carbons (Fsp3) is 0.929. The highest BCUT2D eigenvalue weighted by molar-refractivity contribution is 5.76. The SMILES string of the molecule is CCCCCCCCCCCCCCCCCCCCCCCCCCCC(O)C(CO)NC(=O)CCCCCCCCCCCCCCCCC/C=C\C/C=C\CCCCCCCCCCCOC(=O)CCCCCCCCCCCCCCCCCCC. The van der Waals surface area contributed by atoms with Crippen LogP contribution in [0.3, 0.4) is 0 Å². The van der Waals surface area contributed by atoms with Crippen LogP contribution in [0.5, 0.6) is 0 Å². The average Bonchev–Trinajstić information content (AvgIpc) is 3.72. The minimum absolute atomic E-state index is 0.0184.